The van der Waals surface area contributed by atoms with Crippen LogP contribution in [-0.4, -0.2) is 17.1 Å². The van der Waals surface area contributed by atoms with Gasteiger partial charge >= 0.3 is 5.97 Å². The van der Waals surface area contributed by atoms with Gasteiger partial charge in [0.1, 0.15) is 11.9 Å². The van der Waals surface area contributed by atoms with Crippen molar-refractivity contribution >= 4 is 27.6 Å². The maximum atomic E-state index is 14.0. The lowest BCUT2D eigenvalue weighted by Crippen LogP contribution is -2.38. The van der Waals surface area contributed by atoms with Gasteiger partial charge in [-0.2, -0.15) is 0 Å². The van der Waals surface area contributed by atoms with E-state index in [9.17, 15) is 14.3 Å². The summed E-state index contributed by atoms with van der Waals surface area (Å²) in [5.41, 5.74) is 2.34. The third-order valence-corrected chi connectivity index (χ3v) is 4.22. The summed E-state index contributed by atoms with van der Waals surface area (Å²) in [6, 6.07) is 11.8. The molecule has 0 aliphatic carbocycles. The van der Waals surface area contributed by atoms with E-state index in [4.69, 9.17) is 0 Å². The van der Waals surface area contributed by atoms with E-state index in [2.05, 4.69) is 15.9 Å². The summed E-state index contributed by atoms with van der Waals surface area (Å²) in [6.07, 6.45) is 0.448. The average Bonchev–Trinajstić information content (AvgIpc) is 2.81. The maximum absolute atomic E-state index is 14.0. The molecule has 21 heavy (non-hydrogen) atoms. The van der Waals surface area contributed by atoms with E-state index in [0.717, 1.165) is 11.3 Å². The summed E-state index contributed by atoms with van der Waals surface area (Å²) in [5.74, 6) is -1.22. The highest BCUT2D eigenvalue weighted by molar-refractivity contribution is 9.10. The van der Waals surface area contributed by atoms with Gasteiger partial charge < -0.3 is 10.0 Å². The Kier molecular flexibility index (Phi) is 3.68. The molecule has 108 valence electrons. The Morgan fingerprint density at radius 3 is 2.81 bits per heavy atom. The minimum atomic E-state index is -0.885. The smallest absolute Gasteiger partial charge is 0.326 e. The topological polar surface area (TPSA) is 40.5 Å². The Morgan fingerprint density at radius 1 is 1.33 bits per heavy atom. The summed E-state index contributed by atoms with van der Waals surface area (Å²) in [6.45, 7) is 0.243. The molecule has 1 N–H and O–H groups in total. The molecule has 3 rings (SSSR count). The van der Waals surface area contributed by atoms with Crippen LogP contribution in [0.15, 0.2) is 46.9 Å². The summed E-state index contributed by atoms with van der Waals surface area (Å²) in [5, 5.41) is 9.40. The quantitative estimate of drug-likeness (QED) is 0.920. The zero-order valence-corrected chi connectivity index (χ0v) is 12.7. The molecular formula is C16H13BrFNO2. The Hall–Kier alpha value is -1.88. The van der Waals surface area contributed by atoms with E-state index in [1.54, 1.807) is 17.0 Å². The van der Waals surface area contributed by atoms with Crippen LogP contribution in [0.25, 0.3) is 0 Å². The van der Waals surface area contributed by atoms with Crippen LogP contribution in [0, 0.1) is 5.82 Å². The first-order valence-corrected chi connectivity index (χ1v) is 7.37. The first-order valence-electron chi connectivity index (χ1n) is 6.57. The van der Waals surface area contributed by atoms with Crippen LogP contribution in [0.1, 0.15) is 11.1 Å². The third kappa shape index (κ3) is 2.65. The van der Waals surface area contributed by atoms with Gasteiger partial charge in [0.2, 0.25) is 0 Å². The van der Waals surface area contributed by atoms with Crippen LogP contribution in [0.3, 0.4) is 0 Å². The Labute approximate surface area is 130 Å². The number of carboxylic acid groups (broad SMARTS) is 1. The van der Waals surface area contributed by atoms with E-state index in [-0.39, 0.29) is 12.4 Å². The second-order valence-corrected chi connectivity index (χ2v) is 5.97. The highest BCUT2D eigenvalue weighted by Crippen LogP contribution is 2.34. The molecule has 1 heterocycles. The fourth-order valence-corrected chi connectivity index (χ4v) is 3.03. The number of anilines is 1. The zero-order valence-electron chi connectivity index (χ0n) is 11.1. The fraction of sp³-hybridized carbons (Fsp3) is 0.188. The third-order valence-electron chi connectivity index (χ3n) is 3.73. The van der Waals surface area contributed by atoms with Crippen molar-refractivity contribution in [3.63, 3.8) is 0 Å². The van der Waals surface area contributed by atoms with Crippen LogP contribution in [0.4, 0.5) is 10.1 Å². The first-order chi connectivity index (χ1) is 10.1. The van der Waals surface area contributed by atoms with E-state index >= 15 is 0 Å². The lowest BCUT2D eigenvalue weighted by Gasteiger charge is -2.25. The van der Waals surface area contributed by atoms with Crippen molar-refractivity contribution in [2.75, 3.05) is 4.90 Å². The fourth-order valence-electron chi connectivity index (χ4n) is 2.70. The molecular weight excluding hydrogens is 337 g/mol. The van der Waals surface area contributed by atoms with Crippen molar-refractivity contribution in [2.24, 2.45) is 0 Å². The van der Waals surface area contributed by atoms with Gasteiger partial charge in [0.05, 0.1) is 0 Å². The molecule has 0 spiro atoms. The molecule has 0 amide bonds. The Morgan fingerprint density at radius 2 is 2.10 bits per heavy atom. The number of benzene rings is 2. The highest BCUT2D eigenvalue weighted by Gasteiger charge is 2.34. The van der Waals surface area contributed by atoms with Gasteiger partial charge in [-0.3, -0.25) is 0 Å². The number of hydrogen-bond donors (Lipinski definition) is 1. The van der Waals surface area contributed by atoms with Crippen LogP contribution in [-0.2, 0) is 17.8 Å². The molecule has 5 heteroatoms. The first kappa shape index (κ1) is 14.1. The van der Waals surface area contributed by atoms with E-state index < -0.39 is 12.0 Å². The Balaban J connectivity index is 1.96. The van der Waals surface area contributed by atoms with E-state index in [1.165, 1.54) is 6.07 Å². The number of halogens is 2. The van der Waals surface area contributed by atoms with Crippen molar-refractivity contribution in [3.8, 4) is 0 Å². The number of fused-ring (bicyclic) bond motifs is 1. The molecule has 2 aromatic rings. The maximum Gasteiger partial charge on any atom is 0.326 e. The molecule has 1 unspecified atom stereocenters. The van der Waals surface area contributed by atoms with Gasteiger partial charge in [-0.1, -0.05) is 40.2 Å². The molecule has 3 nitrogen and oxygen atoms in total. The van der Waals surface area contributed by atoms with Gasteiger partial charge in [-0.05, 0) is 23.8 Å². The number of hydrogen-bond acceptors (Lipinski definition) is 2. The van der Waals surface area contributed by atoms with Crippen molar-refractivity contribution in [1.29, 1.82) is 0 Å². The molecule has 0 bridgehead atoms. The van der Waals surface area contributed by atoms with Crippen LogP contribution in [0.5, 0.6) is 0 Å². The molecule has 0 aromatic heterocycles. The van der Waals surface area contributed by atoms with Gasteiger partial charge in [-0.15, -0.1) is 0 Å². The van der Waals surface area contributed by atoms with E-state index in [1.807, 2.05) is 24.3 Å². The largest absolute Gasteiger partial charge is 0.480 e. The number of para-hydroxylation sites is 1. The number of nitrogens with zero attached hydrogens (tertiary/aromatic N) is 1. The molecule has 0 saturated carbocycles. The molecule has 1 atom stereocenters. The van der Waals surface area contributed by atoms with Gasteiger partial charge in [0, 0.05) is 28.7 Å². The molecule has 2 aromatic carbocycles. The highest BCUT2D eigenvalue weighted by atomic mass is 79.9. The second-order valence-electron chi connectivity index (χ2n) is 5.05. The summed E-state index contributed by atoms with van der Waals surface area (Å²) in [4.78, 5) is 13.2. The monoisotopic (exact) mass is 349 g/mol. The normalized spacial score (nSPS) is 16.9. The van der Waals surface area contributed by atoms with Crippen molar-refractivity contribution < 1.29 is 14.3 Å². The lowest BCUT2D eigenvalue weighted by molar-refractivity contribution is -0.138. The predicted molar refractivity (Wildman–Crippen MR) is 81.9 cm³/mol. The number of rotatable bonds is 3. The van der Waals surface area contributed by atoms with Gasteiger partial charge in [-0.25, -0.2) is 9.18 Å². The minimum absolute atomic E-state index is 0.243. The van der Waals surface area contributed by atoms with Crippen molar-refractivity contribution in [3.05, 3.63) is 63.9 Å². The zero-order chi connectivity index (χ0) is 15.0. The summed E-state index contributed by atoms with van der Waals surface area (Å²) in [7, 11) is 0. The standard InChI is InChI=1S/C16H13BrFNO2/c17-12-6-5-11(13(18)8-12)9-19-14-4-2-1-3-10(14)7-15(19)16(20)21/h1-6,8,15H,7,9H2,(H,20,21). The summed E-state index contributed by atoms with van der Waals surface area (Å²) < 4.78 is 14.7. The van der Waals surface area contributed by atoms with Crippen molar-refractivity contribution in [2.45, 2.75) is 19.0 Å². The van der Waals surface area contributed by atoms with Crippen LogP contribution < -0.4 is 4.90 Å². The molecule has 0 radical (unpaired) electrons. The number of aliphatic carboxylic acids is 1. The average molecular weight is 350 g/mol. The molecule has 1 aliphatic rings. The predicted octanol–water partition coefficient (Wildman–Crippen LogP) is 3.60. The van der Waals surface area contributed by atoms with Gasteiger partial charge in [0.25, 0.3) is 0 Å². The number of carbonyl (C=O) groups is 1. The Bertz CT molecular complexity index is 704. The van der Waals surface area contributed by atoms with Crippen molar-refractivity contribution in [1.82, 2.24) is 0 Å². The molecule has 0 fully saturated rings. The molecule has 1 aliphatic heterocycles. The molecule has 0 saturated heterocycles. The van der Waals surface area contributed by atoms with E-state index in [0.29, 0.717) is 16.5 Å². The number of carboxylic acids is 1. The second kappa shape index (κ2) is 5.48. The minimum Gasteiger partial charge on any atom is -0.480 e. The van der Waals surface area contributed by atoms with Gasteiger partial charge in [0.15, 0.2) is 0 Å². The lowest BCUT2D eigenvalue weighted by atomic mass is 10.1. The SMILES string of the molecule is O=C(O)C1Cc2ccccc2N1Cc1ccc(Br)cc1F. The summed E-state index contributed by atoms with van der Waals surface area (Å²) >= 11 is 3.22. The van der Waals surface area contributed by atoms with Crippen LogP contribution in [0.2, 0.25) is 0 Å². The van der Waals surface area contributed by atoms with Crippen LogP contribution >= 0.6 is 15.9 Å².